The zero-order valence-corrected chi connectivity index (χ0v) is 17.8. The maximum atomic E-state index is 12.2. The highest BCUT2D eigenvalue weighted by molar-refractivity contribution is 5.96. The van der Waals surface area contributed by atoms with E-state index >= 15 is 0 Å². The Hall–Kier alpha value is -4.14. The van der Waals surface area contributed by atoms with Crippen molar-refractivity contribution in [1.29, 1.82) is 0 Å². The van der Waals surface area contributed by atoms with Gasteiger partial charge in [-0.25, -0.2) is 4.68 Å². The minimum atomic E-state index is -0.727. The van der Waals surface area contributed by atoms with Crippen LogP contribution < -0.4 is 15.4 Å². The van der Waals surface area contributed by atoms with E-state index in [4.69, 9.17) is 9.47 Å². The van der Waals surface area contributed by atoms with Crippen molar-refractivity contribution in [2.24, 2.45) is 0 Å². The molecule has 3 rings (SSSR count). The second-order valence-electron chi connectivity index (χ2n) is 7.09. The number of hydrogen-bond donors (Lipinski definition) is 2. The molecule has 0 aliphatic rings. The second-order valence-corrected chi connectivity index (χ2v) is 7.09. The van der Waals surface area contributed by atoms with Gasteiger partial charge in [-0.1, -0.05) is 18.2 Å². The van der Waals surface area contributed by atoms with Crippen molar-refractivity contribution in [2.75, 3.05) is 18.5 Å². The predicted octanol–water partition coefficient (Wildman–Crippen LogP) is 3.17. The van der Waals surface area contributed by atoms with Crippen molar-refractivity contribution in [3.8, 4) is 11.5 Å². The third kappa shape index (κ3) is 6.43. The summed E-state index contributed by atoms with van der Waals surface area (Å²) in [5, 5.41) is 9.19. The molecule has 0 unspecified atom stereocenters. The van der Waals surface area contributed by atoms with E-state index in [9.17, 15) is 14.4 Å². The van der Waals surface area contributed by atoms with Crippen molar-refractivity contribution < 1.29 is 23.9 Å². The smallest absolute Gasteiger partial charge is 0.325 e. The van der Waals surface area contributed by atoms with E-state index in [2.05, 4.69) is 15.7 Å². The molecule has 3 aromatic rings. The zero-order valence-electron chi connectivity index (χ0n) is 17.8. The monoisotopic (exact) mass is 436 g/mol. The van der Waals surface area contributed by atoms with Crippen LogP contribution in [0.3, 0.4) is 0 Å². The first-order valence-electron chi connectivity index (χ1n) is 10.0. The highest BCUT2D eigenvalue weighted by Crippen LogP contribution is 2.21. The van der Waals surface area contributed by atoms with Crippen LogP contribution in [0.4, 0.5) is 5.82 Å². The lowest BCUT2D eigenvalue weighted by Gasteiger charge is -2.12. The molecular weight excluding hydrogens is 412 g/mol. The fourth-order valence-corrected chi connectivity index (χ4v) is 2.75. The van der Waals surface area contributed by atoms with Crippen LogP contribution in [-0.4, -0.2) is 40.7 Å². The fraction of sp³-hybridized carbons (Fsp3) is 0.217. The van der Waals surface area contributed by atoms with E-state index in [1.165, 1.54) is 0 Å². The standard InChI is InChI=1S/C23H24N4O5/c1-16(2)27-20(12-13-25-27)26-21(28)15-31-22(29)14-24-23(30)17-8-10-19(11-9-17)32-18-6-4-3-5-7-18/h3-13,16H,14-15H2,1-2H3,(H,24,30)(H,26,28). The summed E-state index contributed by atoms with van der Waals surface area (Å²) in [6.45, 7) is 3.02. The van der Waals surface area contributed by atoms with Crippen LogP contribution in [0.15, 0.2) is 66.9 Å². The van der Waals surface area contributed by atoms with Gasteiger partial charge in [-0.3, -0.25) is 14.4 Å². The normalized spacial score (nSPS) is 10.5. The number of rotatable bonds is 9. The summed E-state index contributed by atoms with van der Waals surface area (Å²) in [7, 11) is 0. The molecule has 0 saturated heterocycles. The average Bonchev–Trinajstić information content (AvgIpc) is 3.25. The number of aromatic nitrogens is 2. The number of nitrogens with zero attached hydrogens (tertiary/aromatic N) is 2. The van der Waals surface area contributed by atoms with E-state index in [1.807, 2.05) is 44.2 Å². The van der Waals surface area contributed by atoms with Crippen molar-refractivity contribution in [1.82, 2.24) is 15.1 Å². The Kier molecular flexibility index (Phi) is 7.58. The van der Waals surface area contributed by atoms with E-state index in [0.717, 1.165) is 0 Å². The Morgan fingerprint density at radius 2 is 1.66 bits per heavy atom. The maximum Gasteiger partial charge on any atom is 0.325 e. The molecule has 9 heteroatoms. The fourth-order valence-electron chi connectivity index (χ4n) is 2.75. The van der Waals surface area contributed by atoms with Crippen LogP contribution in [0.2, 0.25) is 0 Å². The lowest BCUT2D eigenvalue weighted by molar-refractivity contribution is -0.146. The maximum absolute atomic E-state index is 12.2. The number of ether oxygens (including phenoxy) is 2. The molecule has 0 fully saturated rings. The molecule has 0 radical (unpaired) electrons. The molecule has 0 saturated carbocycles. The molecule has 0 atom stereocenters. The number of anilines is 1. The van der Waals surface area contributed by atoms with Gasteiger partial charge < -0.3 is 20.1 Å². The van der Waals surface area contributed by atoms with E-state index in [0.29, 0.717) is 22.9 Å². The SMILES string of the molecule is CC(C)n1nccc1NC(=O)COC(=O)CNC(=O)c1ccc(Oc2ccccc2)cc1. The Morgan fingerprint density at radius 3 is 2.34 bits per heavy atom. The largest absolute Gasteiger partial charge is 0.457 e. The van der Waals surface area contributed by atoms with Gasteiger partial charge in [-0.15, -0.1) is 0 Å². The number of hydrogen-bond acceptors (Lipinski definition) is 6. The molecule has 9 nitrogen and oxygen atoms in total. The summed E-state index contributed by atoms with van der Waals surface area (Å²) in [6.07, 6.45) is 1.57. The first-order valence-corrected chi connectivity index (χ1v) is 10.0. The van der Waals surface area contributed by atoms with Gasteiger partial charge in [0, 0.05) is 17.7 Å². The van der Waals surface area contributed by atoms with Crippen LogP contribution in [0.1, 0.15) is 30.2 Å². The quantitative estimate of drug-likeness (QED) is 0.499. The van der Waals surface area contributed by atoms with Gasteiger partial charge in [-0.2, -0.15) is 5.10 Å². The van der Waals surface area contributed by atoms with E-state index < -0.39 is 24.4 Å². The van der Waals surface area contributed by atoms with Crippen molar-refractivity contribution in [3.63, 3.8) is 0 Å². The summed E-state index contributed by atoms with van der Waals surface area (Å²) in [6, 6.07) is 17.5. The van der Waals surface area contributed by atoms with Crippen LogP contribution in [0, 0.1) is 0 Å². The van der Waals surface area contributed by atoms with E-state index in [-0.39, 0.29) is 12.6 Å². The lowest BCUT2D eigenvalue weighted by atomic mass is 10.2. The molecule has 2 amide bonds. The van der Waals surface area contributed by atoms with Crippen LogP contribution in [0.25, 0.3) is 0 Å². The minimum Gasteiger partial charge on any atom is -0.457 e. The molecule has 32 heavy (non-hydrogen) atoms. The number of para-hydroxylation sites is 1. The molecule has 0 spiro atoms. The minimum absolute atomic E-state index is 0.0667. The number of carbonyl (C=O) groups is 3. The van der Waals surface area contributed by atoms with Crippen molar-refractivity contribution in [3.05, 3.63) is 72.4 Å². The summed E-state index contributed by atoms with van der Waals surface area (Å²) in [5.74, 6) is 0.102. The topological polar surface area (TPSA) is 112 Å². The van der Waals surface area contributed by atoms with Gasteiger partial charge in [0.2, 0.25) is 0 Å². The second kappa shape index (κ2) is 10.8. The summed E-state index contributed by atoms with van der Waals surface area (Å²) in [5.41, 5.74) is 0.359. The zero-order chi connectivity index (χ0) is 22.9. The highest BCUT2D eigenvalue weighted by Gasteiger charge is 2.13. The Morgan fingerprint density at radius 1 is 0.969 bits per heavy atom. The van der Waals surface area contributed by atoms with Gasteiger partial charge in [0.25, 0.3) is 11.8 Å². The lowest BCUT2D eigenvalue weighted by Crippen LogP contribution is -2.32. The van der Waals surface area contributed by atoms with Gasteiger partial charge >= 0.3 is 5.97 Å². The van der Waals surface area contributed by atoms with Gasteiger partial charge in [0.15, 0.2) is 6.61 Å². The third-order valence-electron chi connectivity index (χ3n) is 4.28. The Balaban J connectivity index is 1.41. The van der Waals surface area contributed by atoms with Crippen LogP contribution in [0.5, 0.6) is 11.5 Å². The Labute approximate surface area is 185 Å². The van der Waals surface area contributed by atoms with Gasteiger partial charge in [0.1, 0.15) is 23.9 Å². The van der Waals surface area contributed by atoms with Gasteiger partial charge in [-0.05, 0) is 50.2 Å². The number of esters is 1. The Bertz CT molecular complexity index is 1060. The predicted molar refractivity (Wildman–Crippen MR) is 117 cm³/mol. The van der Waals surface area contributed by atoms with E-state index in [1.54, 1.807) is 41.2 Å². The first-order chi connectivity index (χ1) is 15.4. The van der Waals surface area contributed by atoms with Crippen molar-refractivity contribution in [2.45, 2.75) is 19.9 Å². The molecule has 166 valence electrons. The number of benzene rings is 2. The molecule has 0 bridgehead atoms. The van der Waals surface area contributed by atoms with Crippen molar-refractivity contribution >= 4 is 23.6 Å². The molecule has 1 heterocycles. The average molecular weight is 436 g/mol. The first kappa shape index (κ1) is 22.5. The number of nitrogens with one attached hydrogen (secondary N) is 2. The molecular formula is C23H24N4O5. The molecule has 2 aromatic carbocycles. The molecule has 2 N–H and O–H groups in total. The molecule has 0 aliphatic carbocycles. The summed E-state index contributed by atoms with van der Waals surface area (Å²) in [4.78, 5) is 36.1. The molecule has 1 aromatic heterocycles. The third-order valence-corrected chi connectivity index (χ3v) is 4.28. The summed E-state index contributed by atoms with van der Waals surface area (Å²) >= 11 is 0. The van der Waals surface area contributed by atoms with Gasteiger partial charge in [0.05, 0.1) is 6.20 Å². The number of amides is 2. The van der Waals surface area contributed by atoms with Crippen LogP contribution >= 0.6 is 0 Å². The van der Waals surface area contributed by atoms with Crippen LogP contribution in [-0.2, 0) is 14.3 Å². The molecule has 0 aliphatic heterocycles. The highest BCUT2D eigenvalue weighted by atomic mass is 16.5. The summed E-state index contributed by atoms with van der Waals surface area (Å²) < 4.78 is 12.2. The number of carbonyl (C=O) groups excluding carboxylic acids is 3.